The number of hydrogen-bond donors (Lipinski definition) is 0. The lowest BCUT2D eigenvalue weighted by atomic mass is 10.1. The molecule has 0 bridgehead atoms. The van der Waals surface area contributed by atoms with E-state index in [0.29, 0.717) is 5.92 Å². The molecule has 84 valence electrons. The summed E-state index contributed by atoms with van der Waals surface area (Å²) in [6.45, 7) is 8.67. The van der Waals surface area contributed by atoms with Crippen LogP contribution in [0.15, 0.2) is 24.3 Å². The van der Waals surface area contributed by atoms with Crippen molar-refractivity contribution in [2.45, 2.75) is 46.6 Å². The SMILES string of the molecule is CCCc1ccc(OC(C)C(C)C)cc1. The molecule has 1 heteroatoms. The molecule has 15 heavy (non-hydrogen) atoms. The van der Waals surface area contributed by atoms with E-state index in [-0.39, 0.29) is 6.10 Å². The first-order chi connectivity index (χ1) is 7.13. The van der Waals surface area contributed by atoms with Gasteiger partial charge in [0.1, 0.15) is 5.75 Å². The van der Waals surface area contributed by atoms with E-state index in [1.165, 1.54) is 12.0 Å². The summed E-state index contributed by atoms with van der Waals surface area (Å²) in [6.07, 6.45) is 2.63. The fraction of sp³-hybridized carbons (Fsp3) is 0.571. The first-order valence-electron chi connectivity index (χ1n) is 5.89. The number of ether oxygens (including phenoxy) is 1. The third kappa shape index (κ3) is 3.94. The van der Waals surface area contributed by atoms with E-state index < -0.39 is 0 Å². The lowest BCUT2D eigenvalue weighted by Gasteiger charge is -2.18. The second-order valence-electron chi connectivity index (χ2n) is 4.46. The molecule has 1 nitrogen and oxygen atoms in total. The minimum Gasteiger partial charge on any atom is -0.490 e. The molecule has 0 radical (unpaired) electrons. The van der Waals surface area contributed by atoms with Crippen molar-refractivity contribution in [3.05, 3.63) is 29.8 Å². The maximum atomic E-state index is 5.81. The van der Waals surface area contributed by atoms with Crippen LogP contribution in [0.1, 0.15) is 39.7 Å². The van der Waals surface area contributed by atoms with Gasteiger partial charge in [-0.2, -0.15) is 0 Å². The molecule has 0 amide bonds. The van der Waals surface area contributed by atoms with Crippen molar-refractivity contribution in [2.24, 2.45) is 5.92 Å². The Labute approximate surface area is 93.5 Å². The zero-order valence-electron chi connectivity index (χ0n) is 10.3. The van der Waals surface area contributed by atoms with Gasteiger partial charge in [-0.3, -0.25) is 0 Å². The Morgan fingerprint density at radius 2 is 1.67 bits per heavy atom. The van der Waals surface area contributed by atoms with Crippen LogP contribution in [0, 0.1) is 5.92 Å². The quantitative estimate of drug-likeness (QED) is 0.706. The van der Waals surface area contributed by atoms with Gasteiger partial charge in [0, 0.05) is 0 Å². The molecule has 0 N–H and O–H groups in total. The minimum atomic E-state index is 0.280. The van der Waals surface area contributed by atoms with Crippen molar-refractivity contribution >= 4 is 0 Å². The van der Waals surface area contributed by atoms with Gasteiger partial charge in [-0.15, -0.1) is 0 Å². The highest BCUT2D eigenvalue weighted by atomic mass is 16.5. The van der Waals surface area contributed by atoms with Crippen LogP contribution in [0.25, 0.3) is 0 Å². The third-order valence-corrected chi connectivity index (χ3v) is 2.72. The van der Waals surface area contributed by atoms with Crippen molar-refractivity contribution in [1.29, 1.82) is 0 Å². The van der Waals surface area contributed by atoms with Crippen LogP contribution in [-0.4, -0.2) is 6.10 Å². The molecule has 0 saturated heterocycles. The Morgan fingerprint density at radius 1 is 1.07 bits per heavy atom. The van der Waals surface area contributed by atoms with Gasteiger partial charge >= 0.3 is 0 Å². The zero-order chi connectivity index (χ0) is 11.3. The molecule has 1 rings (SSSR count). The first-order valence-corrected chi connectivity index (χ1v) is 5.89. The third-order valence-electron chi connectivity index (χ3n) is 2.72. The summed E-state index contributed by atoms with van der Waals surface area (Å²) in [5.74, 6) is 1.54. The maximum Gasteiger partial charge on any atom is 0.119 e. The van der Waals surface area contributed by atoms with Crippen LogP contribution in [0.4, 0.5) is 0 Å². The van der Waals surface area contributed by atoms with Crippen LogP contribution < -0.4 is 4.74 Å². The molecule has 0 heterocycles. The van der Waals surface area contributed by atoms with Gasteiger partial charge in [0.25, 0.3) is 0 Å². The molecule has 1 aromatic carbocycles. The summed E-state index contributed by atoms with van der Waals surface area (Å²) in [6, 6.07) is 8.46. The summed E-state index contributed by atoms with van der Waals surface area (Å²) < 4.78 is 5.81. The van der Waals surface area contributed by atoms with Gasteiger partial charge in [0.05, 0.1) is 6.10 Å². The van der Waals surface area contributed by atoms with Crippen molar-refractivity contribution < 1.29 is 4.74 Å². The number of benzene rings is 1. The average Bonchev–Trinajstić information content (AvgIpc) is 2.21. The lowest BCUT2D eigenvalue weighted by Crippen LogP contribution is -2.18. The summed E-state index contributed by atoms with van der Waals surface area (Å²) in [5.41, 5.74) is 1.39. The van der Waals surface area contributed by atoms with E-state index in [2.05, 4.69) is 52.0 Å². The molecule has 0 aliphatic rings. The van der Waals surface area contributed by atoms with Crippen LogP contribution in [-0.2, 0) is 6.42 Å². The van der Waals surface area contributed by atoms with Gasteiger partial charge in [-0.05, 0) is 37.0 Å². The van der Waals surface area contributed by atoms with Crippen molar-refractivity contribution in [3.63, 3.8) is 0 Å². The van der Waals surface area contributed by atoms with Gasteiger partial charge in [-0.25, -0.2) is 0 Å². The van der Waals surface area contributed by atoms with Gasteiger partial charge in [-0.1, -0.05) is 39.3 Å². The van der Waals surface area contributed by atoms with E-state index in [1.54, 1.807) is 0 Å². The number of hydrogen-bond acceptors (Lipinski definition) is 1. The monoisotopic (exact) mass is 206 g/mol. The highest BCUT2D eigenvalue weighted by Gasteiger charge is 2.08. The van der Waals surface area contributed by atoms with Crippen molar-refractivity contribution in [2.75, 3.05) is 0 Å². The Balaban J connectivity index is 2.56. The lowest BCUT2D eigenvalue weighted by molar-refractivity contribution is 0.170. The molecule has 1 aromatic rings. The van der Waals surface area contributed by atoms with E-state index in [4.69, 9.17) is 4.74 Å². The highest BCUT2D eigenvalue weighted by Crippen LogP contribution is 2.17. The van der Waals surface area contributed by atoms with Gasteiger partial charge in [0.15, 0.2) is 0 Å². The minimum absolute atomic E-state index is 0.280. The Morgan fingerprint density at radius 3 is 2.13 bits per heavy atom. The van der Waals surface area contributed by atoms with Crippen molar-refractivity contribution in [3.8, 4) is 5.75 Å². The predicted molar refractivity (Wildman–Crippen MR) is 65.4 cm³/mol. The van der Waals surface area contributed by atoms with E-state index >= 15 is 0 Å². The summed E-state index contributed by atoms with van der Waals surface area (Å²) in [4.78, 5) is 0. The van der Waals surface area contributed by atoms with Crippen LogP contribution in [0.5, 0.6) is 5.75 Å². The maximum absolute atomic E-state index is 5.81. The molecule has 1 unspecified atom stereocenters. The number of rotatable bonds is 5. The Hall–Kier alpha value is -0.980. The standard InChI is InChI=1S/C14H22O/c1-5-6-13-7-9-14(10-8-13)15-12(4)11(2)3/h7-12H,5-6H2,1-4H3. The summed E-state index contributed by atoms with van der Waals surface area (Å²) in [7, 11) is 0. The molecule has 1 atom stereocenters. The van der Waals surface area contributed by atoms with E-state index in [9.17, 15) is 0 Å². The molecule has 0 aliphatic carbocycles. The average molecular weight is 206 g/mol. The summed E-state index contributed by atoms with van der Waals surface area (Å²) >= 11 is 0. The van der Waals surface area contributed by atoms with Crippen LogP contribution >= 0.6 is 0 Å². The molecular formula is C14H22O. The molecular weight excluding hydrogens is 184 g/mol. The van der Waals surface area contributed by atoms with Gasteiger partial charge in [0.2, 0.25) is 0 Å². The highest BCUT2D eigenvalue weighted by molar-refractivity contribution is 5.27. The van der Waals surface area contributed by atoms with Gasteiger partial charge < -0.3 is 4.74 Å². The molecule has 0 aromatic heterocycles. The fourth-order valence-electron chi connectivity index (χ4n) is 1.37. The predicted octanol–water partition coefficient (Wildman–Crippen LogP) is 4.06. The topological polar surface area (TPSA) is 9.23 Å². The number of aryl methyl sites for hydroxylation is 1. The van der Waals surface area contributed by atoms with Crippen molar-refractivity contribution in [1.82, 2.24) is 0 Å². The first kappa shape index (κ1) is 12.1. The molecule has 0 fully saturated rings. The normalized spacial score (nSPS) is 12.9. The van der Waals surface area contributed by atoms with E-state index in [1.807, 2.05) is 0 Å². The smallest absolute Gasteiger partial charge is 0.119 e. The Bertz CT molecular complexity index is 274. The Kier molecular flexibility index (Phi) is 4.67. The van der Waals surface area contributed by atoms with E-state index in [0.717, 1.165) is 12.2 Å². The molecule has 0 spiro atoms. The largest absolute Gasteiger partial charge is 0.490 e. The zero-order valence-corrected chi connectivity index (χ0v) is 10.3. The van der Waals surface area contributed by atoms with Crippen LogP contribution in [0.3, 0.4) is 0 Å². The molecule has 0 aliphatic heterocycles. The van der Waals surface area contributed by atoms with Crippen LogP contribution in [0.2, 0.25) is 0 Å². The second kappa shape index (κ2) is 5.79. The fourth-order valence-corrected chi connectivity index (χ4v) is 1.37. The molecule has 0 saturated carbocycles. The second-order valence-corrected chi connectivity index (χ2v) is 4.46. The summed E-state index contributed by atoms with van der Waals surface area (Å²) in [5, 5.41) is 0.